The van der Waals surface area contributed by atoms with Gasteiger partial charge in [-0.25, -0.2) is 4.79 Å². The summed E-state index contributed by atoms with van der Waals surface area (Å²) in [4.78, 5) is 14.0. The summed E-state index contributed by atoms with van der Waals surface area (Å²) in [7, 11) is 0. The van der Waals surface area contributed by atoms with Crippen molar-refractivity contribution in [3.05, 3.63) is 23.8 Å². The van der Waals surface area contributed by atoms with Crippen LogP contribution in [0.5, 0.6) is 11.5 Å². The first kappa shape index (κ1) is 15.9. The number of hydrogen-bond acceptors (Lipinski definition) is 5. The van der Waals surface area contributed by atoms with Crippen molar-refractivity contribution in [2.75, 3.05) is 32.8 Å². The lowest BCUT2D eigenvalue weighted by Crippen LogP contribution is -2.49. The second-order valence-electron chi connectivity index (χ2n) is 6.84. The van der Waals surface area contributed by atoms with Gasteiger partial charge in [0.1, 0.15) is 18.8 Å². The fraction of sp³-hybridized carbons (Fsp3) is 0.588. The van der Waals surface area contributed by atoms with Gasteiger partial charge in [0.2, 0.25) is 0 Å². The van der Waals surface area contributed by atoms with Crippen LogP contribution >= 0.6 is 0 Å². The van der Waals surface area contributed by atoms with Crippen LogP contribution in [0.1, 0.15) is 32.4 Å². The lowest BCUT2D eigenvalue weighted by molar-refractivity contribution is 0.0195. The molecule has 3 rings (SSSR count). The fourth-order valence-electron chi connectivity index (χ4n) is 2.74. The maximum atomic E-state index is 12.3. The van der Waals surface area contributed by atoms with Crippen molar-refractivity contribution in [2.24, 2.45) is 0 Å². The highest BCUT2D eigenvalue weighted by Gasteiger charge is 2.28. The Hall–Kier alpha value is -1.95. The number of amides is 1. The average molecular weight is 320 g/mol. The zero-order chi connectivity index (χ0) is 16.4. The number of ether oxygens (including phenoxy) is 3. The van der Waals surface area contributed by atoms with E-state index in [4.69, 9.17) is 14.2 Å². The van der Waals surface area contributed by atoms with E-state index in [1.54, 1.807) is 4.90 Å². The molecule has 2 aliphatic heterocycles. The van der Waals surface area contributed by atoms with Crippen molar-refractivity contribution in [1.82, 2.24) is 10.2 Å². The second-order valence-corrected chi connectivity index (χ2v) is 6.84. The summed E-state index contributed by atoms with van der Waals surface area (Å²) in [5.41, 5.74) is 0.608. The first-order chi connectivity index (χ1) is 10.9. The molecule has 1 N–H and O–H groups in total. The SMILES string of the molecule is CC(C)(C)OC(=O)N1CCNC(c2ccc3c(c2)OCCO3)C1. The Labute approximate surface area is 136 Å². The molecule has 1 fully saturated rings. The number of piperazine rings is 1. The van der Waals surface area contributed by atoms with Crippen molar-refractivity contribution >= 4 is 6.09 Å². The Balaban J connectivity index is 1.70. The normalized spacial score (nSPS) is 21.0. The van der Waals surface area contributed by atoms with Crippen LogP contribution < -0.4 is 14.8 Å². The number of carbonyl (C=O) groups is 1. The highest BCUT2D eigenvalue weighted by atomic mass is 16.6. The minimum Gasteiger partial charge on any atom is -0.486 e. The zero-order valence-electron chi connectivity index (χ0n) is 13.9. The van der Waals surface area contributed by atoms with Crippen LogP contribution in [0.2, 0.25) is 0 Å². The lowest BCUT2D eigenvalue weighted by atomic mass is 10.0. The molecule has 1 amide bonds. The molecule has 0 radical (unpaired) electrons. The Bertz CT molecular complexity index is 582. The van der Waals surface area contributed by atoms with Gasteiger partial charge in [-0.15, -0.1) is 0 Å². The number of carbonyl (C=O) groups excluding carboxylic acids is 1. The maximum absolute atomic E-state index is 12.3. The monoisotopic (exact) mass is 320 g/mol. The van der Waals surface area contributed by atoms with Crippen molar-refractivity contribution in [2.45, 2.75) is 32.4 Å². The van der Waals surface area contributed by atoms with Crippen molar-refractivity contribution in [3.8, 4) is 11.5 Å². The standard InChI is InChI=1S/C17H24N2O4/c1-17(2,3)23-16(20)19-7-6-18-13(11-19)12-4-5-14-15(10-12)22-9-8-21-14/h4-5,10,13,18H,6-9,11H2,1-3H3. The zero-order valence-corrected chi connectivity index (χ0v) is 13.9. The van der Waals surface area contributed by atoms with Crippen LogP contribution in [-0.2, 0) is 4.74 Å². The van der Waals surface area contributed by atoms with Crippen LogP contribution in [0.15, 0.2) is 18.2 Å². The molecular weight excluding hydrogens is 296 g/mol. The molecule has 6 heteroatoms. The summed E-state index contributed by atoms with van der Waals surface area (Å²) >= 11 is 0. The van der Waals surface area contributed by atoms with E-state index in [0.717, 1.165) is 23.6 Å². The van der Waals surface area contributed by atoms with Crippen molar-refractivity contribution < 1.29 is 19.0 Å². The predicted molar refractivity (Wildman–Crippen MR) is 86.0 cm³/mol. The second kappa shape index (κ2) is 6.28. The molecule has 0 aliphatic carbocycles. The van der Waals surface area contributed by atoms with E-state index >= 15 is 0 Å². The number of nitrogens with one attached hydrogen (secondary N) is 1. The molecule has 126 valence electrons. The van der Waals surface area contributed by atoms with Crippen LogP contribution in [0.4, 0.5) is 4.79 Å². The summed E-state index contributed by atoms with van der Waals surface area (Å²) in [6.07, 6.45) is -0.262. The first-order valence-corrected chi connectivity index (χ1v) is 8.03. The molecule has 0 saturated carbocycles. The summed E-state index contributed by atoms with van der Waals surface area (Å²) in [6, 6.07) is 6.00. The predicted octanol–water partition coefficient (Wildman–Crippen LogP) is 2.34. The quantitative estimate of drug-likeness (QED) is 0.860. The average Bonchev–Trinajstić information content (AvgIpc) is 2.53. The molecule has 1 saturated heterocycles. The summed E-state index contributed by atoms with van der Waals surface area (Å²) in [5, 5.41) is 3.44. The number of rotatable bonds is 1. The molecule has 2 aliphatic rings. The first-order valence-electron chi connectivity index (χ1n) is 8.03. The molecule has 2 heterocycles. The summed E-state index contributed by atoms with van der Waals surface area (Å²) < 4.78 is 16.7. The molecule has 0 spiro atoms. The van der Waals surface area contributed by atoms with Gasteiger partial charge in [-0.1, -0.05) is 6.07 Å². The molecule has 1 aromatic rings. The van der Waals surface area contributed by atoms with E-state index in [1.807, 2.05) is 39.0 Å². The molecule has 1 unspecified atom stereocenters. The Morgan fingerprint density at radius 3 is 2.74 bits per heavy atom. The number of nitrogens with zero attached hydrogens (tertiary/aromatic N) is 1. The highest BCUT2D eigenvalue weighted by molar-refractivity contribution is 5.68. The molecule has 1 atom stereocenters. The van der Waals surface area contributed by atoms with E-state index in [2.05, 4.69) is 5.32 Å². The van der Waals surface area contributed by atoms with Gasteiger partial charge in [-0.3, -0.25) is 0 Å². The van der Waals surface area contributed by atoms with Crippen molar-refractivity contribution in [1.29, 1.82) is 0 Å². The van der Waals surface area contributed by atoms with Gasteiger partial charge in [-0.2, -0.15) is 0 Å². The Morgan fingerprint density at radius 2 is 2.00 bits per heavy atom. The van der Waals surface area contributed by atoms with Crippen LogP contribution in [0.3, 0.4) is 0 Å². The summed E-state index contributed by atoms with van der Waals surface area (Å²) in [6.45, 7) is 8.75. The third-order valence-electron chi connectivity index (χ3n) is 3.80. The van der Waals surface area contributed by atoms with Crippen LogP contribution in [0.25, 0.3) is 0 Å². The molecular formula is C17H24N2O4. The van der Waals surface area contributed by atoms with Crippen LogP contribution in [0, 0.1) is 0 Å². The van der Waals surface area contributed by atoms with E-state index in [1.165, 1.54) is 0 Å². The number of hydrogen-bond donors (Lipinski definition) is 1. The van der Waals surface area contributed by atoms with E-state index in [9.17, 15) is 4.79 Å². The van der Waals surface area contributed by atoms with Crippen LogP contribution in [-0.4, -0.2) is 49.4 Å². The number of benzene rings is 1. The highest BCUT2D eigenvalue weighted by Crippen LogP contribution is 2.33. The Kier molecular flexibility index (Phi) is 4.35. The number of fused-ring (bicyclic) bond motifs is 1. The van der Waals surface area contributed by atoms with Crippen molar-refractivity contribution in [3.63, 3.8) is 0 Å². The largest absolute Gasteiger partial charge is 0.486 e. The van der Waals surface area contributed by atoms with Gasteiger partial charge >= 0.3 is 6.09 Å². The van der Waals surface area contributed by atoms with Gasteiger partial charge in [0, 0.05) is 19.6 Å². The van der Waals surface area contributed by atoms with Gasteiger partial charge < -0.3 is 24.4 Å². The lowest BCUT2D eigenvalue weighted by Gasteiger charge is -2.35. The molecule has 0 aromatic heterocycles. The molecule has 1 aromatic carbocycles. The van der Waals surface area contributed by atoms with E-state index in [-0.39, 0.29) is 12.1 Å². The third-order valence-corrected chi connectivity index (χ3v) is 3.80. The van der Waals surface area contributed by atoms with E-state index < -0.39 is 5.60 Å². The minimum atomic E-state index is -0.478. The molecule has 6 nitrogen and oxygen atoms in total. The van der Waals surface area contributed by atoms with Gasteiger partial charge in [0.15, 0.2) is 11.5 Å². The molecule has 0 bridgehead atoms. The summed E-state index contributed by atoms with van der Waals surface area (Å²) in [5.74, 6) is 1.55. The maximum Gasteiger partial charge on any atom is 0.410 e. The Morgan fingerprint density at radius 1 is 1.26 bits per heavy atom. The smallest absolute Gasteiger partial charge is 0.410 e. The van der Waals surface area contributed by atoms with Gasteiger partial charge in [-0.05, 0) is 38.5 Å². The topological polar surface area (TPSA) is 60.0 Å². The minimum absolute atomic E-state index is 0.0621. The van der Waals surface area contributed by atoms with Gasteiger partial charge in [0.25, 0.3) is 0 Å². The molecule has 23 heavy (non-hydrogen) atoms. The van der Waals surface area contributed by atoms with E-state index in [0.29, 0.717) is 26.3 Å². The van der Waals surface area contributed by atoms with Gasteiger partial charge in [0.05, 0.1) is 6.04 Å². The third kappa shape index (κ3) is 3.88. The fourth-order valence-corrected chi connectivity index (χ4v) is 2.74.